The Kier molecular flexibility index (Phi) is 4.47. The van der Waals surface area contributed by atoms with Gasteiger partial charge in [-0.05, 0) is 17.7 Å². The SMILES string of the molecule is O=c1[nH]c(-c2cccnc2)nc2c1CN(Cc1ccc([N+](=O)[O-])cc1)CC2. The largest absolute Gasteiger partial charge is 0.306 e. The van der Waals surface area contributed by atoms with Crippen molar-refractivity contribution in [1.29, 1.82) is 0 Å². The Morgan fingerprint density at radius 1 is 1.22 bits per heavy atom. The van der Waals surface area contributed by atoms with E-state index in [4.69, 9.17) is 0 Å². The maximum Gasteiger partial charge on any atom is 0.269 e. The lowest BCUT2D eigenvalue weighted by Crippen LogP contribution is -2.35. The second-order valence-corrected chi connectivity index (χ2v) is 6.47. The average molecular weight is 363 g/mol. The first-order chi connectivity index (χ1) is 13.1. The molecule has 1 aliphatic heterocycles. The molecular weight excluding hydrogens is 346 g/mol. The van der Waals surface area contributed by atoms with Crippen LogP contribution in [0, 0.1) is 10.1 Å². The third-order valence-corrected chi connectivity index (χ3v) is 4.64. The van der Waals surface area contributed by atoms with Gasteiger partial charge in [-0.15, -0.1) is 0 Å². The third kappa shape index (κ3) is 3.61. The van der Waals surface area contributed by atoms with Crippen molar-refractivity contribution < 1.29 is 4.92 Å². The molecule has 0 amide bonds. The fourth-order valence-electron chi connectivity index (χ4n) is 3.24. The lowest BCUT2D eigenvalue weighted by Gasteiger charge is -2.27. The van der Waals surface area contributed by atoms with Gasteiger partial charge in [0, 0.05) is 56.1 Å². The number of benzene rings is 1. The zero-order valence-electron chi connectivity index (χ0n) is 14.5. The molecule has 1 aromatic carbocycles. The van der Waals surface area contributed by atoms with Crippen LogP contribution in [0.5, 0.6) is 0 Å². The Balaban J connectivity index is 1.53. The van der Waals surface area contributed by atoms with Crippen LogP contribution in [0.2, 0.25) is 0 Å². The van der Waals surface area contributed by atoms with E-state index in [0.717, 1.165) is 23.4 Å². The van der Waals surface area contributed by atoms with E-state index >= 15 is 0 Å². The summed E-state index contributed by atoms with van der Waals surface area (Å²) >= 11 is 0. The molecule has 0 radical (unpaired) electrons. The van der Waals surface area contributed by atoms with Gasteiger partial charge in [-0.25, -0.2) is 4.98 Å². The van der Waals surface area contributed by atoms with E-state index in [1.807, 2.05) is 6.07 Å². The smallest absolute Gasteiger partial charge is 0.269 e. The highest BCUT2D eigenvalue weighted by atomic mass is 16.6. The molecule has 1 aliphatic rings. The molecule has 0 saturated heterocycles. The van der Waals surface area contributed by atoms with Crippen molar-refractivity contribution in [2.45, 2.75) is 19.5 Å². The van der Waals surface area contributed by atoms with Crippen LogP contribution in [0.1, 0.15) is 16.8 Å². The molecule has 0 unspecified atom stereocenters. The molecule has 0 saturated carbocycles. The van der Waals surface area contributed by atoms with Gasteiger partial charge >= 0.3 is 0 Å². The molecule has 0 atom stereocenters. The summed E-state index contributed by atoms with van der Waals surface area (Å²) in [5, 5.41) is 10.8. The fourth-order valence-corrected chi connectivity index (χ4v) is 3.24. The number of rotatable bonds is 4. The lowest BCUT2D eigenvalue weighted by atomic mass is 10.1. The van der Waals surface area contributed by atoms with Crippen molar-refractivity contribution in [2.75, 3.05) is 6.54 Å². The van der Waals surface area contributed by atoms with E-state index in [-0.39, 0.29) is 11.2 Å². The molecule has 27 heavy (non-hydrogen) atoms. The summed E-state index contributed by atoms with van der Waals surface area (Å²) in [5.41, 5.74) is 3.19. The fraction of sp³-hybridized carbons (Fsp3) is 0.211. The summed E-state index contributed by atoms with van der Waals surface area (Å²) in [6.07, 6.45) is 4.03. The molecule has 0 fully saturated rings. The Morgan fingerprint density at radius 3 is 2.74 bits per heavy atom. The minimum absolute atomic E-state index is 0.0753. The number of non-ortho nitro benzene ring substituents is 1. The number of H-pyrrole nitrogens is 1. The number of hydrogen-bond acceptors (Lipinski definition) is 6. The molecule has 3 aromatic rings. The van der Waals surface area contributed by atoms with E-state index < -0.39 is 4.92 Å². The molecule has 3 heterocycles. The Hall–Kier alpha value is -3.39. The number of nitrogens with one attached hydrogen (secondary N) is 1. The van der Waals surface area contributed by atoms with E-state index in [0.29, 0.717) is 30.9 Å². The van der Waals surface area contributed by atoms with Crippen molar-refractivity contribution >= 4 is 5.69 Å². The second kappa shape index (κ2) is 7.08. The normalized spacial score (nSPS) is 13.9. The Morgan fingerprint density at radius 2 is 2.04 bits per heavy atom. The maximum atomic E-state index is 12.6. The van der Waals surface area contributed by atoms with Crippen molar-refractivity contribution in [2.24, 2.45) is 0 Å². The number of nitrogens with zero attached hydrogens (tertiary/aromatic N) is 4. The zero-order valence-corrected chi connectivity index (χ0v) is 14.5. The first kappa shape index (κ1) is 17.0. The highest BCUT2D eigenvalue weighted by Gasteiger charge is 2.21. The van der Waals surface area contributed by atoms with Crippen LogP contribution in [0.4, 0.5) is 5.69 Å². The molecule has 2 aromatic heterocycles. The van der Waals surface area contributed by atoms with Crippen LogP contribution in [-0.2, 0) is 19.5 Å². The minimum Gasteiger partial charge on any atom is -0.306 e. The first-order valence-electron chi connectivity index (χ1n) is 8.58. The van der Waals surface area contributed by atoms with Gasteiger partial charge in [0.25, 0.3) is 11.2 Å². The Bertz CT molecular complexity index is 1030. The summed E-state index contributed by atoms with van der Waals surface area (Å²) in [7, 11) is 0. The summed E-state index contributed by atoms with van der Waals surface area (Å²) in [6.45, 7) is 1.90. The molecule has 4 rings (SSSR count). The lowest BCUT2D eigenvalue weighted by molar-refractivity contribution is -0.384. The quantitative estimate of drug-likeness (QED) is 0.563. The number of pyridine rings is 1. The second-order valence-electron chi connectivity index (χ2n) is 6.47. The number of aromatic amines is 1. The molecule has 0 bridgehead atoms. The van der Waals surface area contributed by atoms with Gasteiger partial charge in [0.05, 0.1) is 16.2 Å². The summed E-state index contributed by atoms with van der Waals surface area (Å²) in [4.78, 5) is 36.6. The number of hydrogen-bond donors (Lipinski definition) is 1. The van der Waals surface area contributed by atoms with Crippen LogP contribution in [0.15, 0.2) is 53.6 Å². The van der Waals surface area contributed by atoms with Gasteiger partial charge in [-0.2, -0.15) is 0 Å². The molecule has 0 spiro atoms. The van der Waals surface area contributed by atoms with Gasteiger partial charge in [0.1, 0.15) is 5.82 Å². The van der Waals surface area contributed by atoms with Crippen LogP contribution in [0.3, 0.4) is 0 Å². The molecular formula is C19H17N5O3. The number of nitro groups is 1. The third-order valence-electron chi connectivity index (χ3n) is 4.64. The maximum absolute atomic E-state index is 12.6. The summed E-state index contributed by atoms with van der Waals surface area (Å²) in [5.74, 6) is 0.538. The monoisotopic (exact) mass is 363 g/mol. The zero-order chi connectivity index (χ0) is 18.8. The van der Waals surface area contributed by atoms with E-state index in [2.05, 4.69) is 19.9 Å². The van der Waals surface area contributed by atoms with Crippen molar-refractivity contribution in [3.8, 4) is 11.4 Å². The summed E-state index contributed by atoms with van der Waals surface area (Å²) < 4.78 is 0. The van der Waals surface area contributed by atoms with Gasteiger partial charge in [0.2, 0.25) is 0 Å². The average Bonchev–Trinajstić information content (AvgIpc) is 2.69. The van der Waals surface area contributed by atoms with Gasteiger partial charge in [-0.3, -0.25) is 24.8 Å². The predicted molar refractivity (Wildman–Crippen MR) is 99.0 cm³/mol. The summed E-state index contributed by atoms with van der Waals surface area (Å²) in [6, 6.07) is 10.2. The van der Waals surface area contributed by atoms with Crippen molar-refractivity contribution in [3.05, 3.63) is 86.1 Å². The van der Waals surface area contributed by atoms with Crippen LogP contribution >= 0.6 is 0 Å². The van der Waals surface area contributed by atoms with Gasteiger partial charge < -0.3 is 4.98 Å². The molecule has 0 aliphatic carbocycles. The highest BCUT2D eigenvalue weighted by Crippen LogP contribution is 2.20. The Labute approximate surface area is 154 Å². The van der Waals surface area contributed by atoms with Crippen molar-refractivity contribution in [3.63, 3.8) is 0 Å². The van der Waals surface area contributed by atoms with E-state index in [9.17, 15) is 14.9 Å². The predicted octanol–water partition coefficient (Wildman–Crippen LogP) is 2.30. The number of aromatic nitrogens is 3. The molecule has 136 valence electrons. The molecule has 1 N–H and O–H groups in total. The topological polar surface area (TPSA) is 105 Å². The van der Waals surface area contributed by atoms with Gasteiger partial charge in [-0.1, -0.05) is 12.1 Å². The van der Waals surface area contributed by atoms with E-state index in [1.54, 1.807) is 30.6 Å². The van der Waals surface area contributed by atoms with E-state index in [1.165, 1.54) is 12.1 Å². The molecule has 8 heteroatoms. The standard InChI is InChI=1S/C19H17N5O3/c25-19-16-12-23(11-13-3-5-15(6-4-13)24(26)27)9-7-17(16)21-18(22-19)14-2-1-8-20-10-14/h1-6,8,10H,7,9,11-12H2,(H,21,22,25). The van der Waals surface area contributed by atoms with Crippen LogP contribution < -0.4 is 5.56 Å². The number of fused-ring (bicyclic) bond motifs is 1. The first-order valence-corrected chi connectivity index (χ1v) is 8.58. The highest BCUT2D eigenvalue weighted by molar-refractivity contribution is 5.53. The van der Waals surface area contributed by atoms with Crippen molar-refractivity contribution in [1.82, 2.24) is 19.9 Å². The van der Waals surface area contributed by atoms with Crippen LogP contribution in [-0.4, -0.2) is 31.3 Å². The minimum atomic E-state index is -0.411. The number of nitro benzene ring substituents is 1. The van der Waals surface area contributed by atoms with Gasteiger partial charge in [0.15, 0.2) is 0 Å². The van der Waals surface area contributed by atoms with Crippen LogP contribution in [0.25, 0.3) is 11.4 Å². The molecule has 8 nitrogen and oxygen atoms in total.